The maximum Gasteiger partial charge on any atom is 0.547 e. The number of hydrogen-bond acceptors (Lipinski definition) is 8. The smallest absolute Gasteiger partial charge is 0.534 e. The van der Waals surface area contributed by atoms with Crippen LogP contribution < -0.4 is 14.7 Å². The van der Waals surface area contributed by atoms with Crippen LogP contribution >= 0.6 is 0 Å². The number of benzene rings is 1. The Morgan fingerprint density at radius 3 is 2.55 bits per heavy atom. The number of amides is 1. The number of fused-ring (bicyclic) bond motifs is 1. The lowest BCUT2D eigenvalue weighted by atomic mass is 9.72. The second-order valence-electron chi connectivity index (χ2n) is 7.63. The van der Waals surface area contributed by atoms with E-state index in [-0.39, 0.29) is 30.1 Å². The van der Waals surface area contributed by atoms with Gasteiger partial charge in [-0.15, -0.1) is 0 Å². The van der Waals surface area contributed by atoms with Crippen molar-refractivity contribution in [3.05, 3.63) is 23.3 Å². The molecule has 1 aliphatic heterocycles. The van der Waals surface area contributed by atoms with Crippen LogP contribution in [0.5, 0.6) is 11.5 Å². The topological polar surface area (TPSA) is 120 Å². The molecule has 1 atom stereocenters. The molecule has 0 radical (unpaired) electrons. The molecular weight excluding hydrogens is 381 g/mol. The first-order chi connectivity index (χ1) is 13.6. The van der Waals surface area contributed by atoms with E-state index in [0.717, 1.165) is 0 Å². The van der Waals surface area contributed by atoms with Crippen molar-refractivity contribution in [2.75, 3.05) is 13.9 Å². The van der Waals surface area contributed by atoms with Crippen LogP contribution in [0.25, 0.3) is 0 Å². The molecule has 0 unspecified atom stereocenters. The minimum absolute atomic E-state index is 0.0190. The number of ether oxygens (including phenoxy) is 3. The number of nitrogens with one attached hydrogen (secondary N) is 1. The summed E-state index contributed by atoms with van der Waals surface area (Å²) < 4.78 is 20.7. The van der Waals surface area contributed by atoms with Gasteiger partial charge in [-0.3, -0.25) is 9.59 Å². The van der Waals surface area contributed by atoms with E-state index >= 15 is 0 Å². The average molecular weight is 407 g/mol. The van der Waals surface area contributed by atoms with Gasteiger partial charge in [0.2, 0.25) is 12.7 Å². The van der Waals surface area contributed by atoms with Crippen LogP contribution in [0, 0.1) is 5.41 Å². The van der Waals surface area contributed by atoms with Gasteiger partial charge in [0.15, 0.2) is 0 Å². The Morgan fingerprint density at radius 1 is 1.28 bits per heavy atom. The molecular formula is C19H26BNO8. The third-order valence-corrected chi connectivity index (χ3v) is 4.28. The molecule has 9 nitrogen and oxygen atoms in total. The van der Waals surface area contributed by atoms with Gasteiger partial charge in [-0.05, 0) is 44.9 Å². The third kappa shape index (κ3) is 5.63. The molecule has 1 aromatic carbocycles. The largest absolute Gasteiger partial charge is 0.547 e. The van der Waals surface area contributed by atoms with E-state index in [0.29, 0.717) is 11.3 Å². The normalized spacial score (nSPS) is 15.7. The molecule has 158 valence electrons. The SMILES string of the molecule is CCC(=O)N[C@H]1Cc2cc(OC)cc(C(=O)OCOC(=O)C(C)(C)C)c2OB1O. The molecule has 0 saturated carbocycles. The molecule has 29 heavy (non-hydrogen) atoms. The summed E-state index contributed by atoms with van der Waals surface area (Å²) >= 11 is 0. The van der Waals surface area contributed by atoms with Crippen molar-refractivity contribution < 1.29 is 38.3 Å². The zero-order valence-electron chi connectivity index (χ0n) is 17.2. The van der Waals surface area contributed by atoms with Crippen molar-refractivity contribution in [1.82, 2.24) is 5.32 Å². The van der Waals surface area contributed by atoms with Crippen molar-refractivity contribution in [2.24, 2.45) is 5.41 Å². The molecule has 1 aliphatic rings. The van der Waals surface area contributed by atoms with Gasteiger partial charge < -0.3 is 29.2 Å². The molecule has 0 spiro atoms. The summed E-state index contributed by atoms with van der Waals surface area (Å²) in [6, 6.07) is 3.06. The molecule has 0 saturated heterocycles. The van der Waals surface area contributed by atoms with Crippen LogP contribution in [0.4, 0.5) is 0 Å². The highest BCUT2D eigenvalue weighted by atomic mass is 16.7. The first-order valence-corrected chi connectivity index (χ1v) is 9.26. The van der Waals surface area contributed by atoms with E-state index in [1.54, 1.807) is 33.8 Å². The van der Waals surface area contributed by atoms with Gasteiger partial charge in [-0.2, -0.15) is 0 Å². The lowest BCUT2D eigenvalue weighted by Crippen LogP contribution is -2.53. The Kier molecular flexibility index (Phi) is 7.13. The third-order valence-electron chi connectivity index (χ3n) is 4.28. The minimum Gasteiger partial charge on any atom is -0.534 e. The molecule has 0 bridgehead atoms. The fraction of sp³-hybridized carbons (Fsp3) is 0.526. The van der Waals surface area contributed by atoms with E-state index in [2.05, 4.69) is 5.32 Å². The Labute approximate surface area is 169 Å². The van der Waals surface area contributed by atoms with E-state index in [1.165, 1.54) is 13.2 Å². The minimum atomic E-state index is -1.34. The van der Waals surface area contributed by atoms with Gasteiger partial charge in [0, 0.05) is 6.42 Å². The van der Waals surface area contributed by atoms with Crippen molar-refractivity contribution in [3.63, 3.8) is 0 Å². The molecule has 0 fully saturated rings. The molecule has 0 aromatic heterocycles. The number of rotatable bonds is 6. The number of hydrogen-bond donors (Lipinski definition) is 2. The summed E-state index contributed by atoms with van der Waals surface area (Å²) in [5, 5.41) is 12.9. The molecule has 2 rings (SSSR count). The monoisotopic (exact) mass is 407 g/mol. The van der Waals surface area contributed by atoms with Gasteiger partial charge in [0.1, 0.15) is 17.1 Å². The van der Waals surface area contributed by atoms with E-state index in [9.17, 15) is 19.4 Å². The van der Waals surface area contributed by atoms with Crippen molar-refractivity contribution in [1.29, 1.82) is 0 Å². The highest BCUT2D eigenvalue weighted by Gasteiger charge is 2.38. The predicted molar refractivity (Wildman–Crippen MR) is 103 cm³/mol. The molecule has 1 amide bonds. The summed E-state index contributed by atoms with van der Waals surface area (Å²) in [6.07, 6.45) is 0.498. The quantitative estimate of drug-likeness (QED) is 0.411. The van der Waals surface area contributed by atoms with E-state index in [4.69, 9.17) is 18.9 Å². The van der Waals surface area contributed by atoms with E-state index in [1.807, 2.05) is 0 Å². The summed E-state index contributed by atoms with van der Waals surface area (Å²) in [7, 11) is 0.105. The van der Waals surface area contributed by atoms with E-state index < -0.39 is 37.2 Å². The standard InChI is InChI=1S/C19H26BNO8/c1-6-15(22)21-14-8-11-7-12(26-5)9-13(16(11)29-20(14)25)17(23)27-10-28-18(24)19(2,3)4/h7,9,14,25H,6,8,10H2,1-5H3,(H,21,22)/t14-/m0/s1. The maximum absolute atomic E-state index is 12.5. The van der Waals surface area contributed by atoms with Crippen LogP contribution in [-0.2, 0) is 25.5 Å². The Balaban J connectivity index is 2.19. The molecule has 10 heteroatoms. The first-order valence-electron chi connectivity index (χ1n) is 9.26. The zero-order chi connectivity index (χ0) is 21.8. The number of esters is 2. The second-order valence-corrected chi connectivity index (χ2v) is 7.63. The van der Waals surface area contributed by atoms with Gasteiger partial charge in [-0.1, -0.05) is 6.92 Å². The summed E-state index contributed by atoms with van der Waals surface area (Å²) in [6.45, 7) is 6.18. The molecule has 1 aromatic rings. The highest BCUT2D eigenvalue weighted by Crippen LogP contribution is 2.34. The molecule has 2 N–H and O–H groups in total. The number of methoxy groups -OCH3 is 1. The van der Waals surface area contributed by atoms with Crippen molar-refractivity contribution in [3.8, 4) is 11.5 Å². The zero-order valence-corrected chi connectivity index (χ0v) is 17.2. The Hall–Kier alpha value is -2.75. The highest BCUT2D eigenvalue weighted by molar-refractivity contribution is 6.47. The first kappa shape index (κ1) is 22.5. The lowest BCUT2D eigenvalue weighted by Gasteiger charge is -2.29. The van der Waals surface area contributed by atoms with Crippen molar-refractivity contribution >= 4 is 25.0 Å². The van der Waals surface area contributed by atoms with Gasteiger partial charge in [0.05, 0.1) is 18.5 Å². The van der Waals surface area contributed by atoms with Crippen LogP contribution in [0.1, 0.15) is 50.0 Å². The molecule has 1 heterocycles. The number of carbonyl (C=O) groups is 3. The maximum atomic E-state index is 12.5. The van der Waals surface area contributed by atoms with Crippen LogP contribution in [0.2, 0.25) is 0 Å². The summed E-state index contributed by atoms with van der Waals surface area (Å²) in [5.41, 5.74) is -0.146. The predicted octanol–water partition coefficient (Wildman–Crippen LogP) is 1.25. The average Bonchev–Trinajstić information content (AvgIpc) is 2.66. The van der Waals surface area contributed by atoms with Crippen LogP contribution in [0.15, 0.2) is 12.1 Å². The summed E-state index contributed by atoms with van der Waals surface area (Å²) in [5.74, 6) is -1.71. The fourth-order valence-corrected chi connectivity index (χ4v) is 2.62. The van der Waals surface area contributed by atoms with Gasteiger partial charge >= 0.3 is 19.1 Å². The van der Waals surface area contributed by atoms with Crippen LogP contribution in [0.3, 0.4) is 0 Å². The van der Waals surface area contributed by atoms with Gasteiger partial charge in [-0.25, -0.2) is 4.79 Å². The van der Waals surface area contributed by atoms with Crippen molar-refractivity contribution in [2.45, 2.75) is 46.5 Å². The van der Waals surface area contributed by atoms with Crippen LogP contribution in [-0.4, -0.2) is 49.8 Å². The lowest BCUT2D eigenvalue weighted by molar-refractivity contribution is -0.161. The van der Waals surface area contributed by atoms with Gasteiger partial charge in [0.25, 0.3) is 0 Å². The Bertz CT molecular complexity index is 789. The Morgan fingerprint density at radius 2 is 1.97 bits per heavy atom. The second kappa shape index (κ2) is 9.17. The number of carbonyl (C=O) groups excluding carboxylic acids is 3. The summed E-state index contributed by atoms with van der Waals surface area (Å²) in [4.78, 5) is 36.0. The molecule has 0 aliphatic carbocycles. The fourth-order valence-electron chi connectivity index (χ4n) is 2.62.